The lowest BCUT2D eigenvalue weighted by Crippen LogP contribution is -2.13. The van der Waals surface area contributed by atoms with Gasteiger partial charge in [-0.1, -0.05) is 0 Å². The highest BCUT2D eigenvalue weighted by atomic mass is 32.2. The van der Waals surface area contributed by atoms with E-state index in [9.17, 15) is 4.79 Å². The van der Waals surface area contributed by atoms with Gasteiger partial charge in [0.25, 0.3) is 0 Å². The molecule has 0 bridgehead atoms. The second-order valence-corrected chi connectivity index (χ2v) is 4.66. The topological polar surface area (TPSA) is 87.9 Å². The first-order valence-corrected chi connectivity index (χ1v) is 7.19. The van der Waals surface area contributed by atoms with Crippen LogP contribution in [0.4, 0.5) is 5.95 Å². The number of rotatable bonds is 5. The van der Waals surface area contributed by atoms with Crippen molar-refractivity contribution in [3.05, 3.63) is 28.1 Å². The fraction of sp³-hybridized carbons (Fsp3) is 0.385. The Hall–Kier alpha value is -2.07. The predicted molar refractivity (Wildman–Crippen MR) is 77.9 cm³/mol. The molecule has 7 heteroatoms. The van der Waals surface area contributed by atoms with E-state index >= 15 is 0 Å². The van der Waals surface area contributed by atoms with Gasteiger partial charge in [0.1, 0.15) is 11.1 Å². The van der Waals surface area contributed by atoms with Crippen molar-refractivity contribution in [2.45, 2.75) is 20.8 Å². The van der Waals surface area contributed by atoms with E-state index in [1.165, 1.54) is 11.8 Å². The van der Waals surface area contributed by atoms with Crippen molar-refractivity contribution in [2.24, 2.45) is 0 Å². The molecule has 0 saturated carbocycles. The van der Waals surface area contributed by atoms with Crippen LogP contribution < -0.4 is 5.32 Å². The molecule has 0 saturated heterocycles. The first kappa shape index (κ1) is 16.0. The summed E-state index contributed by atoms with van der Waals surface area (Å²) >= 11 is 1.23. The van der Waals surface area contributed by atoms with Gasteiger partial charge >= 0.3 is 5.97 Å². The fourth-order valence-electron chi connectivity index (χ4n) is 1.49. The Morgan fingerprint density at radius 3 is 2.50 bits per heavy atom. The molecule has 1 N–H and O–H groups in total. The molecule has 20 heavy (non-hydrogen) atoms. The summed E-state index contributed by atoms with van der Waals surface area (Å²) in [4.78, 5) is 20.1. The van der Waals surface area contributed by atoms with E-state index in [1.807, 2.05) is 26.0 Å². The molecule has 0 aromatic carbocycles. The van der Waals surface area contributed by atoms with Crippen LogP contribution in [-0.2, 0) is 9.53 Å². The largest absolute Gasteiger partial charge is 0.462 e. The van der Waals surface area contributed by atoms with E-state index in [1.54, 1.807) is 13.2 Å². The van der Waals surface area contributed by atoms with Crippen molar-refractivity contribution in [1.29, 1.82) is 5.26 Å². The Bertz CT molecular complexity index is 558. The van der Waals surface area contributed by atoms with Crippen molar-refractivity contribution in [2.75, 3.05) is 18.2 Å². The maximum Gasteiger partial charge on any atom is 0.351 e. The number of esters is 1. The lowest BCUT2D eigenvalue weighted by Gasteiger charge is -2.10. The first-order valence-electron chi connectivity index (χ1n) is 5.96. The van der Waals surface area contributed by atoms with Gasteiger partial charge in [0.2, 0.25) is 5.95 Å². The van der Waals surface area contributed by atoms with Crippen LogP contribution in [0.25, 0.3) is 0 Å². The zero-order valence-corrected chi connectivity index (χ0v) is 12.7. The number of nitrogens with zero attached hydrogens (tertiary/aromatic N) is 3. The number of nitrogens with one attached hydrogen (secondary N) is 1. The van der Waals surface area contributed by atoms with Crippen LogP contribution in [0.15, 0.2) is 16.7 Å². The lowest BCUT2D eigenvalue weighted by atomic mass is 10.3. The van der Waals surface area contributed by atoms with Crippen LogP contribution in [0, 0.1) is 25.2 Å². The van der Waals surface area contributed by atoms with E-state index in [0.717, 1.165) is 11.4 Å². The number of hydrogen-bond donors (Lipinski definition) is 1. The third-order valence-electron chi connectivity index (χ3n) is 2.23. The number of carbonyl (C=O) groups excluding carboxylic acids is 1. The maximum absolute atomic E-state index is 11.7. The molecule has 0 spiro atoms. The van der Waals surface area contributed by atoms with Gasteiger partial charge in [0, 0.05) is 11.4 Å². The van der Waals surface area contributed by atoms with Crippen molar-refractivity contribution in [1.82, 2.24) is 9.97 Å². The Morgan fingerprint density at radius 1 is 1.45 bits per heavy atom. The van der Waals surface area contributed by atoms with Gasteiger partial charge in [-0.3, -0.25) is 0 Å². The maximum atomic E-state index is 11.7. The number of aryl methyl sites for hydroxylation is 2. The van der Waals surface area contributed by atoms with Gasteiger partial charge in [-0.25, -0.2) is 14.8 Å². The molecule has 0 unspecified atom stereocenters. The zero-order chi connectivity index (χ0) is 15.1. The summed E-state index contributed by atoms with van der Waals surface area (Å²) in [7, 11) is 0. The fourth-order valence-corrected chi connectivity index (χ4v) is 2.02. The van der Waals surface area contributed by atoms with Gasteiger partial charge in [0.05, 0.1) is 6.61 Å². The van der Waals surface area contributed by atoms with Crippen LogP contribution in [0.2, 0.25) is 0 Å². The van der Waals surface area contributed by atoms with Crippen LogP contribution >= 0.6 is 11.8 Å². The first-order chi connectivity index (χ1) is 9.51. The minimum absolute atomic E-state index is 0.0814. The molecule has 0 atom stereocenters. The summed E-state index contributed by atoms with van der Waals surface area (Å²) < 4.78 is 4.85. The number of carbonyl (C=O) groups is 1. The van der Waals surface area contributed by atoms with Crippen molar-refractivity contribution in [3.63, 3.8) is 0 Å². The number of hydrogen-bond acceptors (Lipinski definition) is 7. The molecule has 0 amide bonds. The Labute approximate surface area is 122 Å². The summed E-state index contributed by atoms with van der Waals surface area (Å²) in [6.45, 7) is 5.59. The molecular formula is C13H16N4O2S. The predicted octanol–water partition coefficient (Wildman–Crippen LogP) is 2.17. The van der Waals surface area contributed by atoms with E-state index in [0.29, 0.717) is 11.0 Å². The molecule has 1 rings (SSSR count). The molecule has 106 valence electrons. The zero-order valence-electron chi connectivity index (χ0n) is 11.9. The summed E-state index contributed by atoms with van der Waals surface area (Å²) in [6.07, 6.45) is 1.75. The second kappa shape index (κ2) is 7.50. The molecule has 6 nitrogen and oxygen atoms in total. The van der Waals surface area contributed by atoms with Crippen molar-refractivity contribution in [3.8, 4) is 6.07 Å². The molecule has 0 aliphatic carbocycles. The normalized spacial score (nSPS) is 11.3. The van der Waals surface area contributed by atoms with Gasteiger partial charge in [-0.15, -0.1) is 11.8 Å². The Kier molecular flexibility index (Phi) is 6.00. The van der Waals surface area contributed by atoms with Crippen LogP contribution in [0.1, 0.15) is 18.3 Å². The molecule has 0 aliphatic heterocycles. The number of nitriles is 1. The molecular weight excluding hydrogens is 276 g/mol. The monoisotopic (exact) mass is 292 g/mol. The van der Waals surface area contributed by atoms with Gasteiger partial charge in [-0.2, -0.15) is 5.26 Å². The van der Waals surface area contributed by atoms with E-state index in [-0.39, 0.29) is 12.2 Å². The standard InChI is InChI=1S/C13H16N4O2S/c1-5-19-12(18)10(7-14)11(20-4)17-13-15-8(2)6-9(3)16-13/h6H,5H2,1-4H3,(H,15,16,17)/b11-10+. The summed E-state index contributed by atoms with van der Waals surface area (Å²) in [5, 5.41) is 12.4. The Morgan fingerprint density at radius 2 is 2.05 bits per heavy atom. The molecule has 0 aliphatic rings. The second-order valence-electron chi connectivity index (χ2n) is 3.84. The van der Waals surface area contributed by atoms with Gasteiger partial charge < -0.3 is 10.1 Å². The van der Waals surface area contributed by atoms with Crippen molar-refractivity contribution >= 4 is 23.7 Å². The average Bonchev–Trinajstić information content (AvgIpc) is 2.37. The molecule has 1 aromatic heterocycles. The van der Waals surface area contributed by atoms with Crippen LogP contribution in [0.5, 0.6) is 0 Å². The summed E-state index contributed by atoms with van der Waals surface area (Å²) in [6, 6.07) is 3.69. The minimum Gasteiger partial charge on any atom is -0.462 e. The smallest absolute Gasteiger partial charge is 0.351 e. The third-order valence-corrected chi connectivity index (χ3v) is 2.94. The number of ether oxygens (including phenoxy) is 1. The summed E-state index contributed by atoms with van der Waals surface area (Å²) in [5.74, 6) is -0.305. The van der Waals surface area contributed by atoms with Crippen LogP contribution in [0.3, 0.4) is 0 Å². The van der Waals surface area contributed by atoms with Gasteiger partial charge in [-0.05, 0) is 33.1 Å². The quantitative estimate of drug-likeness (QED) is 0.505. The van der Waals surface area contributed by atoms with E-state index in [2.05, 4.69) is 15.3 Å². The van der Waals surface area contributed by atoms with E-state index in [4.69, 9.17) is 10.00 Å². The minimum atomic E-state index is -0.656. The molecule has 0 fully saturated rings. The molecule has 1 aromatic rings. The number of anilines is 1. The highest BCUT2D eigenvalue weighted by Gasteiger charge is 2.17. The molecule has 0 radical (unpaired) electrons. The third kappa shape index (κ3) is 4.24. The van der Waals surface area contributed by atoms with E-state index < -0.39 is 5.97 Å². The molecule has 1 heterocycles. The lowest BCUT2D eigenvalue weighted by molar-refractivity contribution is -0.138. The SMILES string of the molecule is CCOC(=O)/C(C#N)=C(\Nc1nc(C)cc(C)n1)SC. The number of thioether (sulfide) groups is 1. The van der Waals surface area contributed by atoms with Gasteiger partial charge in [0.15, 0.2) is 5.57 Å². The number of aromatic nitrogens is 2. The van der Waals surface area contributed by atoms with Crippen molar-refractivity contribution < 1.29 is 9.53 Å². The average molecular weight is 292 g/mol. The Balaban J connectivity index is 3.11. The van der Waals surface area contributed by atoms with Crippen LogP contribution in [-0.4, -0.2) is 28.8 Å². The summed E-state index contributed by atoms with van der Waals surface area (Å²) in [5.41, 5.74) is 1.52. The highest BCUT2D eigenvalue weighted by molar-refractivity contribution is 8.02. The highest BCUT2D eigenvalue weighted by Crippen LogP contribution is 2.19.